The second-order valence-electron chi connectivity index (χ2n) is 8.92. The molecule has 4 atom stereocenters. The first-order valence-electron chi connectivity index (χ1n) is 10.7. The fourth-order valence-corrected chi connectivity index (χ4v) is 7.63. The zero-order valence-corrected chi connectivity index (χ0v) is 19.1. The van der Waals surface area contributed by atoms with E-state index in [0.29, 0.717) is 12.1 Å². The minimum absolute atomic E-state index is 0.0261. The largest absolute Gasteiger partial charge is 0.396 e. The number of nitrogens with one attached hydrogen (secondary N) is 1. The summed E-state index contributed by atoms with van der Waals surface area (Å²) in [6.07, 6.45) is 3.47. The maximum atomic E-state index is 13.4. The van der Waals surface area contributed by atoms with Crippen LogP contribution in [0.4, 0.5) is 18.9 Å². The third-order valence-electron chi connectivity index (χ3n) is 6.83. The number of carbonyl (C=O) groups is 1. The van der Waals surface area contributed by atoms with Crippen LogP contribution in [0.1, 0.15) is 36.0 Å². The van der Waals surface area contributed by atoms with Gasteiger partial charge in [0.1, 0.15) is 0 Å². The van der Waals surface area contributed by atoms with Crippen molar-refractivity contribution in [2.75, 3.05) is 17.7 Å². The normalized spacial score (nSPS) is 24.6. The zero-order chi connectivity index (χ0) is 23.9. The number of aliphatic hydroxyl groups excluding tert-OH is 1. The molecule has 0 heterocycles. The Bertz CT molecular complexity index is 1150. The third kappa shape index (κ3) is 4.90. The number of fused-ring (bicyclic) bond motifs is 2. The summed E-state index contributed by atoms with van der Waals surface area (Å²) < 4.78 is 66.5. The maximum Gasteiger partial charge on any atom is 0.255 e. The van der Waals surface area contributed by atoms with Crippen LogP contribution in [0.5, 0.6) is 0 Å². The predicted octanol–water partition coefficient (Wildman–Crippen LogP) is 4.83. The molecule has 3 unspecified atom stereocenters. The average molecular weight is 502 g/mol. The number of carbonyl (C=O) groups excluding carboxylic acids is 1. The van der Waals surface area contributed by atoms with Gasteiger partial charge in [0, 0.05) is 30.0 Å². The smallest absolute Gasteiger partial charge is 0.255 e. The van der Waals surface area contributed by atoms with Gasteiger partial charge in [-0.2, -0.15) is 0 Å². The number of rotatable bonds is 6. The number of amides is 1. The summed E-state index contributed by atoms with van der Waals surface area (Å²) >= 11 is 6.17. The molecule has 178 valence electrons. The summed E-state index contributed by atoms with van der Waals surface area (Å²) in [5.41, 5.74) is -0.386. The van der Waals surface area contributed by atoms with Crippen LogP contribution < -0.4 is 5.32 Å². The molecule has 0 saturated heterocycles. The lowest BCUT2D eigenvalue weighted by Crippen LogP contribution is -2.32. The van der Waals surface area contributed by atoms with Crippen LogP contribution >= 0.6 is 11.6 Å². The Morgan fingerprint density at radius 2 is 1.67 bits per heavy atom. The molecule has 2 N–H and O–H groups in total. The zero-order valence-electron chi connectivity index (χ0n) is 17.5. The summed E-state index contributed by atoms with van der Waals surface area (Å²) in [5.74, 6) is -4.87. The van der Waals surface area contributed by atoms with Gasteiger partial charge in [0.2, 0.25) is 0 Å². The van der Waals surface area contributed by atoms with Crippen molar-refractivity contribution in [3.63, 3.8) is 0 Å². The van der Waals surface area contributed by atoms with Gasteiger partial charge in [-0.05, 0) is 67.6 Å². The molecule has 2 aromatic carbocycles. The number of halogens is 4. The molecule has 0 spiro atoms. The van der Waals surface area contributed by atoms with Crippen molar-refractivity contribution in [3.05, 3.63) is 58.4 Å². The first-order valence-corrected chi connectivity index (χ1v) is 12.7. The molecular weight excluding hydrogens is 479 g/mol. The van der Waals surface area contributed by atoms with E-state index in [1.807, 2.05) is 0 Å². The van der Waals surface area contributed by atoms with Crippen molar-refractivity contribution in [3.8, 4) is 0 Å². The predicted molar refractivity (Wildman–Crippen MR) is 117 cm³/mol. The second-order valence-corrected chi connectivity index (χ2v) is 11.3. The highest BCUT2D eigenvalue weighted by Gasteiger charge is 2.44. The minimum atomic E-state index is -3.83. The summed E-state index contributed by atoms with van der Waals surface area (Å²) in [7, 11) is -3.83. The van der Waals surface area contributed by atoms with Crippen LogP contribution in [-0.4, -0.2) is 31.8 Å². The molecule has 0 radical (unpaired) electrons. The van der Waals surface area contributed by atoms with Crippen molar-refractivity contribution >= 4 is 33.0 Å². The number of hydrogen-bond acceptors (Lipinski definition) is 4. The maximum absolute atomic E-state index is 13.4. The highest BCUT2D eigenvalue weighted by molar-refractivity contribution is 7.91. The van der Waals surface area contributed by atoms with Gasteiger partial charge in [0.05, 0.1) is 15.7 Å². The van der Waals surface area contributed by atoms with E-state index in [2.05, 4.69) is 5.32 Å². The summed E-state index contributed by atoms with van der Waals surface area (Å²) in [4.78, 5) is 12.4. The van der Waals surface area contributed by atoms with Gasteiger partial charge >= 0.3 is 0 Å². The first kappa shape index (κ1) is 24.0. The highest BCUT2D eigenvalue weighted by Crippen LogP contribution is 2.50. The molecule has 2 aromatic rings. The SMILES string of the molecule is O=C(Nc1cc(F)c(F)c(F)c1)c1ccc(Cl)c(S(=O)(=O)CC2C3CC[C@H]2CC(CO)C3)c1. The number of benzene rings is 2. The van der Waals surface area contributed by atoms with E-state index < -0.39 is 33.2 Å². The third-order valence-corrected chi connectivity index (χ3v) is 9.10. The first-order chi connectivity index (χ1) is 15.6. The van der Waals surface area contributed by atoms with Crippen molar-refractivity contribution in [1.82, 2.24) is 0 Å². The van der Waals surface area contributed by atoms with E-state index in [1.54, 1.807) is 0 Å². The minimum Gasteiger partial charge on any atom is -0.396 e. The molecule has 2 saturated carbocycles. The summed E-state index contributed by atoms with van der Waals surface area (Å²) in [6.45, 7) is 0.108. The molecular formula is C23H23ClF3NO4S. The van der Waals surface area contributed by atoms with E-state index in [4.69, 9.17) is 11.6 Å². The van der Waals surface area contributed by atoms with Crippen molar-refractivity contribution in [1.29, 1.82) is 0 Å². The van der Waals surface area contributed by atoms with Crippen molar-refractivity contribution in [2.45, 2.75) is 30.6 Å². The standard InChI is InChI=1S/C23H23ClF3NO4S/c24-18-4-3-15(23(30)28-16-8-19(25)22(27)20(26)9-16)7-21(18)33(31,32)11-17-13-1-2-14(17)6-12(5-13)10-29/h3-4,7-9,12-14,17,29H,1-2,5-6,10-11H2,(H,28,30)/t12?,13-,14?,17?/m0/s1. The van der Waals surface area contributed by atoms with Gasteiger partial charge in [0.15, 0.2) is 27.3 Å². The Kier molecular flexibility index (Phi) is 6.75. The molecule has 0 aromatic heterocycles. The van der Waals surface area contributed by atoms with E-state index >= 15 is 0 Å². The lowest BCUT2D eigenvalue weighted by molar-refractivity contribution is 0.102. The fraction of sp³-hybridized carbons (Fsp3) is 0.435. The monoisotopic (exact) mass is 501 g/mol. The molecule has 2 fully saturated rings. The molecule has 2 aliphatic rings. The number of anilines is 1. The molecule has 10 heteroatoms. The van der Waals surface area contributed by atoms with Crippen LogP contribution in [-0.2, 0) is 9.84 Å². The number of hydrogen-bond donors (Lipinski definition) is 2. The van der Waals surface area contributed by atoms with Crippen LogP contribution in [0.3, 0.4) is 0 Å². The molecule has 4 rings (SSSR count). The Hall–Kier alpha value is -2.10. The van der Waals surface area contributed by atoms with Crippen LogP contribution in [0.2, 0.25) is 5.02 Å². The Morgan fingerprint density at radius 1 is 1.06 bits per heavy atom. The fourth-order valence-electron chi connectivity index (χ4n) is 5.26. The number of sulfone groups is 1. The molecule has 0 aliphatic heterocycles. The molecule has 2 bridgehead atoms. The van der Waals surface area contributed by atoms with Gasteiger partial charge < -0.3 is 10.4 Å². The van der Waals surface area contributed by atoms with Gasteiger partial charge in [-0.3, -0.25) is 4.79 Å². The number of aliphatic hydroxyl groups is 1. The average Bonchev–Trinajstić information content (AvgIpc) is 2.98. The van der Waals surface area contributed by atoms with Gasteiger partial charge in [-0.1, -0.05) is 11.6 Å². The topological polar surface area (TPSA) is 83.5 Å². The molecule has 33 heavy (non-hydrogen) atoms. The highest BCUT2D eigenvalue weighted by atomic mass is 35.5. The van der Waals surface area contributed by atoms with Gasteiger partial charge in [-0.25, -0.2) is 21.6 Å². The van der Waals surface area contributed by atoms with E-state index in [0.717, 1.165) is 31.7 Å². The van der Waals surface area contributed by atoms with Crippen molar-refractivity contribution < 1.29 is 31.5 Å². The molecule has 5 nitrogen and oxygen atoms in total. The quantitative estimate of drug-likeness (QED) is 0.555. The van der Waals surface area contributed by atoms with Crippen LogP contribution in [0.25, 0.3) is 0 Å². The Labute approximate surface area is 194 Å². The van der Waals surface area contributed by atoms with E-state index in [1.165, 1.54) is 12.1 Å². The van der Waals surface area contributed by atoms with Crippen molar-refractivity contribution in [2.24, 2.45) is 23.7 Å². The van der Waals surface area contributed by atoms with E-state index in [9.17, 15) is 31.5 Å². The molecule has 1 amide bonds. The lowest BCUT2D eigenvalue weighted by atomic mass is 9.74. The van der Waals surface area contributed by atoms with Crippen LogP contribution in [0.15, 0.2) is 35.2 Å². The lowest BCUT2D eigenvalue weighted by Gasteiger charge is -2.34. The summed E-state index contributed by atoms with van der Waals surface area (Å²) in [5, 5.41) is 11.7. The van der Waals surface area contributed by atoms with E-state index in [-0.39, 0.29) is 57.2 Å². The van der Waals surface area contributed by atoms with Gasteiger partial charge in [0.25, 0.3) is 5.91 Å². The second kappa shape index (κ2) is 9.27. The Balaban J connectivity index is 1.55. The summed E-state index contributed by atoms with van der Waals surface area (Å²) in [6, 6.07) is 4.98. The van der Waals surface area contributed by atoms with Gasteiger partial charge in [-0.15, -0.1) is 0 Å². The molecule has 2 aliphatic carbocycles. The van der Waals surface area contributed by atoms with Crippen LogP contribution in [0, 0.1) is 41.1 Å². The Morgan fingerprint density at radius 3 is 2.24 bits per heavy atom.